The van der Waals surface area contributed by atoms with Gasteiger partial charge in [-0.25, -0.2) is 4.98 Å². The number of halogens is 3. The lowest BCUT2D eigenvalue weighted by Gasteiger charge is -2.22. The van der Waals surface area contributed by atoms with Gasteiger partial charge in [-0.1, -0.05) is 19.3 Å². The van der Waals surface area contributed by atoms with Crippen molar-refractivity contribution in [2.75, 3.05) is 0 Å². The van der Waals surface area contributed by atoms with Gasteiger partial charge in [0, 0.05) is 10.8 Å². The first-order chi connectivity index (χ1) is 9.38. The first-order valence-electron chi connectivity index (χ1n) is 6.47. The fourth-order valence-electron chi connectivity index (χ4n) is 2.23. The van der Waals surface area contributed by atoms with Gasteiger partial charge in [-0.3, -0.25) is 5.41 Å². The van der Waals surface area contributed by atoms with E-state index in [0.717, 1.165) is 31.7 Å². The number of hydrogen-bond donors (Lipinski definition) is 2. The molecule has 1 aromatic rings. The number of aromatic nitrogens is 1. The maximum atomic E-state index is 12.7. The SMILES string of the molecule is N=C(N)c1ccc(C(F)(F)F)nc1SC1CCCCC1. The zero-order valence-electron chi connectivity index (χ0n) is 10.8. The maximum absolute atomic E-state index is 12.7. The van der Waals surface area contributed by atoms with Crippen molar-refractivity contribution in [1.29, 1.82) is 5.41 Å². The Labute approximate surface area is 119 Å². The monoisotopic (exact) mass is 303 g/mol. The molecule has 0 aliphatic heterocycles. The van der Waals surface area contributed by atoms with Crippen LogP contribution in [-0.2, 0) is 6.18 Å². The maximum Gasteiger partial charge on any atom is 0.433 e. The summed E-state index contributed by atoms with van der Waals surface area (Å²) in [5, 5.41) is 7.95. The Balaban J connectivity index is 2.29. The Morgan fingerprint density at radius 2 is 1.90 bits per heavy atom. The molecule has 1 saturated carbocycles. The predicted molar refractivity (Wildman–Crippen MR) is 73.0 cm³/mol. The van der Waals surface area contributed by atoms with E-state index in [9.17, 15) is 13.2 Å². The molecule has 0 unspecified atom stereocenters. The fraction of sp³-hybridized carbons (Fsp3) is 0.538. The van der Waals surface area contributed by atoms with Crippen LogP contribution in [0.5, 0.6) is 0 Å². The van der Waals surface area contributed by atoms with Crippen LogP contribution in [0.2, 0.25) is 0 Å². The summed E-state index contributed by atoms with van der Waals surface area (Å²) in [7, 11) is 0. The van der Waals surface area contributed by atoms with Gasteiger partial charge in [0.15, 0.2) is 0 Å². The van der Waals surface area contributed by atoms with Gasteiger partial charge in [-0.2, -0.15) is 13.2 Å². The smallest absolute Gasteiger partial charge is 0.384 e. The van der Waals surface area contributed by atoms with Gasteiger partial charge < -0.3 is 5.73 Å². The minimum atomic E-state index is -4.48. The molecule has 0 amide bonds. The van der Waals surface area contributed by atoms with Gasteiger partial charge in [-0.15, -0.1) is 11.8 Å². The van der Waals surface area contributed by atoms with E-state index in [2.05, 4.69) is 4.98 Å². The van der Waals surface area contributed by atoms with Crippen LogP contribution in [0.4, 0.5) is 13.2 Å². The van der Waals surface area contributed by atoms with E-state index in [4.69, 9.17) is 11.1 Å². The van der Waals surface area contributed by atoms with Crippen LogP contribution in [0.3, 0.4) is 0 Å². The van der Waals surface area contributed by atoms with Crippen molar-refractivity contribution in [3.63, 3.8) is 0 Å². The minimum absolute atomic E-state index is 0.222. The lowest BCUT2D eigenvalue weighted by molar-refractivity contribution is -0.141. The normalized spacial score (nSPS) is 17.1. The molecule has 1 aliphatic rings. The number of nitrogens with two attached hydrogens (primary N) is 1. The number of nitrogens with one attached hydrogen (secondary N) is 1. The molecule has 0 bridgehead atoms. The van der Waals surface area contributed by atoms with Crippen LogP contribution in [0.15, 0.2) is 17.2 Å². The third-order valence-electron chi connectivity index (χ3n) is 3.27. The Morgan fingerprint density at radius 1 is 1.25 bits per heavy atom. The molecule has 0 radical (unpaired) electrons. The van der Waals surface area contributed by atoms with Crippen LogP contribution in [-0.4, -0.2) is 16.1 Å². The standard InChI is InChI=1S/C13H16F3N3S/c14-13(15,16)10-7-6-9(11(17)18)12(19-10)20-8-4-2-1-3-5-8/h6-8H,1-5H2,(H3,17,18). The Bertz CT molecular complexity index is 496. The third-order valence-corrected chi connectivity index (χ3v) is 4.61. The molecule has 1 heterocycles. The quantitative estimate of drug-likeness (QED) is 0.659. The van der Waals surface area contributed by atoms with Crippen LogP contribution in [0, 0.1) is 5.41 Å². The van der Waals surface area contributed by atoms with E-state index in [1.807, 2.05) is 0 Å². The van der Waals surface area contributed by atoms with Gasteiger partial charge >= 0.3 is 6.18 Å². The average molecular weight is 303 g/mol. The highest BCUT2D eigenvalue weighted by molar-refractivity contribution is 7.99. The summed E-state index contributed by atoms with van der Waals surface area (Å²) in [6.07, 6.45) is 0.821. The first kappa shape index (κ1) is 15.2. The van der Waals surface area contributed by atoms with E-state index < -0.39 is 11.9 Å². The summed E-state index contributed by atoms with van der Waals surface area (Å²) >= 11 is 1.32. The molecule has 0 spiro atoms. The molecule has 0 atom stereocenters. The van der Waals surface area contributed by atoms with Crippen molar-refractivity contribution in [3.05, 3.63) is 23.4 Å². The molecule has 1 aromatic heterocycles. The predicted octanol–water partition coefficient (Wildman–Crippen LogP) is 3.81. The molecule has 1 fully saturated rings. The second kappa shape index (κ2) is 6.03. The highest BCUT2D eigenvalue weighted by atomic mass is 32.2. The summed E-state index contributed by atoms with van der Waals surface area (Å²) < 4.78 is 38.2. The number of alkyl halides is 3. The van der Waals surface area contributed by atoms with Crippen molar-refractivity contribution in [2.24, 2.45) is 5.73 Å². The fourth-order valence-corrected chi connectivity index (χ4v) is 3.57. The van der Waals surface area contributed by atoms with Crippen molar-refractivity contribution in [1.82, 2.24) is 4.98 Å². The van der Waals surface area contributed by atoms with Crippen LogP contribution in [0.25, 0.3) is 0 Å². The lowest BCUT2D eigenvalue weighted by Crippen LogP contribution is -2.17. The molecule has 20 heavy (non-hydrogen) atoms. The average Bonchev–Trinajstić information content (AvgIpc) is 2.38. The number of nitrogens with zero attached hydrogens (tertiary/aromatic N) is 1. The van der Waals surface area contributed by atoms with Gasteiger partial charge in [0.25, 0.3) is 0 Å². The van der Waals surface area contributed by atoms with Crippen LogP contribution >= 0.6 is 11.8 Å². The number of pyridine rings is 1. The first-order valence-corrected chi connectivity index (χ1v) is 7.35. The molecule has 3 N–H and O–H groups in total. The van der Waals surface area contributed by atoms with Crippen LogP contribution in [0.1, 0.15) is 43.4 Å². The summed E-state index contributed by atoms with van der Waals surface area (Å²) in [5.74, 6) is -0.246. The van der Waals surface area contributed by atoms with Crippen LogP contribution < -0.4 is 5.73 Å². The van der Waals surface area contributed by atoms with Crippen molar-refractivity contribution >= 4 is 17.6 Å². The molecule has 0 aromatic carbocycles. The van der Waals surface area contributed by atoms with E-state index in [0.29, 0.717) is 0 Å². The largest absolute Gasteiger partial charge is 0.433 e. The highest BCUT2D eigenvalue weighted by Gasteiger charge is 2.33. The second-order valence-electron chi connectivity index (χ2n) is 4.84. The summed E-state index contributed by atoms with van der Waals surface area (Å²) in [6, 6.07) is 2.12. The number of thioether (sulfide) groups is 1. The molecular weight excluding hydrogens is 287 g/mol. The zero-order chi connectivity index (χ0) is 14.8. The van der Waals surface area contributed by atoms with Gasteiger partial charge in [0.05, 0.1) is 0 Å². The number of rotatable bonds is 3. The zero-order valence-corrected chi connectivity index (χ0v) is 11.7. The minimum Gasteiger partial charge on any atom is -0.384 e. The lowest BCUT2D eigenvalue weighted by atomic mass is 10.0. The summed E-state index contributed by atoms with van der Waals surface area (Å²) in [6.45, 7) is 0. The van der Waals surface area contributed by atoms with Crippen molar-refractivity contribution < 1.29 is 13.2 Å². The highest BCUT2D eigenvalue weighted by Crippen LogP contribution is 2.36. The number of hydrogen-bond acceptors (Lipinski definition) is 3. The van der Waals surface area contributed by atoms with E-state index in [1.54, 1.807) is 0 Å². The van der Waals surface area contributed by atoms with Gasteiger partial charge in [-0.05, 0) is 25.0 Å². The van der Waals surface area contributed by atoms with Crippen molar-refractivity contribution in [2.45, 2.75) is 48.6 Å². The molecule has 2 rings (SSSR count). The van der Waals surface area contributed by atoms with Crippen molar-refractivity contribution in [3.8, 4) is 0 Å². The summed E-state index contributed by atoms with van der Waals surface area (Å²) in [4.78, 5) is 3.68. The number of amidine groups is 1. The van der Waals surface area contributed by atoms with E-state index >= 15 is 0 Å². The molecule has 3 nitrogen and oxygen atoms in total. The van der Waals surface area contributed by atoms with Gasteiger partial charge in [0.1, 0.15) is 16.6 Å². The molecule has 110 valence electrons. The second-order valence-corrected chi connectivity index (χ2v) is 6.13. The third kappa shape index (κ3) is 3.65. The topological polar surface area (TPSA) is 62.8 Å². The molecular formula is C13H16F3N3S. The van der Waals surface area contributed by atoms with E-state index in [1.165, 1.54) is 24.2 Å². The number of nitrogen functional groups attached to an aromatic ring is 1. The Morgan fingerprint density at radius 3 is 2.45 bits per heavy atom. The summed E-state index contributed by atoms with van der Waals surface area (Å²) in [5.41, 5.74) is 4.78. The Hall–Kier alpha value is -1.24. The molecule has 0 saturated heterocycles. The molecule has 1 aliphatic carbocycles. The van der Waals surface area contributed by atoms with Gasteiger partial charge in [0.2, 0.25) is 0 Å². The Kier molecular flexibility index (Phi) is 4.57. The van der Waals surface area contributed by atoms with E-state index in [-0.39, 0.29) is 21.7 Å². The molecule has 7 heteroatoms.